The van der Waals surface area contributed by atoms with Crippen molar-refractivity contribution in [1.29, 1.82) is 0 Å². The van der Waals surface area contributed by atoms with Crippen LogP contribution in [0.3, 0.4) is 0 Å². The minimum atomic E-state index is 0.519. The van der Waals surface area contributed by atoms with Crippen LogP contribution < -0.4 is 10.6 Å². The minimum Gasteiger partial charge on any atom is -0.314 e. The third-order valence-corrected chi connectivity index (χ3v) is 6.11. The van der Waals surface area contributed by atoms with Gasteiger partial charge < -0.3 is 10.6 Å². The molecule has 0 aromatic heterocycles. The van der Waals surface area contributed by atoms with Crippen LogP contribution in [-0.2, 0) is 0 Å². The quantitative estimate of drug-likeness (QED) is 0.815. The number of hydrogen-bond donors (Lipinski definition) is 2. The fourth-order valence-corrected chi connectivity index (χ4v) is 4.82. The third-order valence-electron chi connectivity index (χ3n) is 6.11. The van der Waals surface area contributed by atoms with Crippen molar-refractivity contribution in [2.75, 3.05) is 6.54 Å². The van der Waals surface area contributed by atoms with E-state index >= 15 is 0 Å². The van der Waals surface area contributed by atoms with E-state index in [1.165, 1.54) is 64.3 Å². The van der Waals surface area contributed by atoms with Crippen LogP contribution in [-0.4, -0.2) is 24.7 Å². The van der Waals surface area contributed by atoms with Gasteiger partial charge in [0.2, 0.25) is 0 Å². The van der Waals surface area contributed by atoms with E-state index < -0.39 is 0 Å². The third kappa shape index (κ3) is 3.00. The Hall–Kier alpha value is -0.0800. The van der Waals surface area contributed by atoms with Crippen LogP contribution in [0.4, 0.5) is 0 Å². The first-order chi connectivity index (χ1) is 9.17. The van der Waals surface area contributed by atoms with Gasteiger partial charge in [-0.1, -0.05) is 33.1 Å². The predicted molar refractivity (Wildman–Crippen MR) is 81.3 cm³/mol. The van der Waals surface area contributed by atoms with E-state index in [2.05, 4.69) is 24.5 Å². The molecule has 2 N–H and O–H groups in total. The van der Waals surface area contributed by atoms with Crippen molar-refractivity contribution in [3.63, 3.8) is 0 Å². The monoisotopic (exact) mass is 264 g/mol. The normalized spacial score (nSPS) is 42.6. The lowest BCUT2D eigenvalue weighted by Gasteiger charge is -2.40. The van der Waals surface area contributed by atoms with E-state index in [1.54, 1.807) is 0 Å². The second kappa shape index (κ2) is 5.73. The van der Waals surface area contributed by atoms with Crippen molar-refractivity contribution < 1.29 is 0 Å². The van der Waals surface area contributed by atoms with Crippen LogP contribution in [0.15, 0.2) is 0 Å². The molecule has 0 bridgehead atoms. The molecule has 0 aromatic carbocycles. The first-order valence-electron chi connectivity index (χ1n) is 8.66. The van der Waals surface area contributed by atoms with Crippen LogP contribution in [0.2, 0.25) is 0 Å². The van der Waals surface area contributed by atoms with E-state index in [0.29, 0.717) is 5.41 Å². The Morgan fingerprint density at radius 1 is 0.947 bits per heavy atom. The lowest BCUT2D eigenvalue weighted by molar-refractivity contribution is 0.168. The van der Waals surface area contributed by atoms with Crippen molar-refractivity contribution in [2.24, 2.45) is 11.3 Å². The average molecular weight is 264 g/mol. The smallest absolute Gasteiger partial charge is 0.0121 e. The highest BCUT2D eigenvalue weighted by Crippen LogP contribution is 2.39. The molecule has 110 valence electrons. The summed E-state index contributed by atoms with van der Waals surface area (Å²) in [5.41, 5.74) is 0.519. The summed E-state index contributed by atoms with van der Waals surface area (Å²) in [6.07, 6.45) is 12.8. The molecule has 1 saturated heterocycles. The maximum atomic E-state index is 4.10. The fraction of sp³-hybridized carbons (Fsp3) is 1.00. The van der Waals surface area contributed by atoms with Crippen molar-refractivity contribution in [3.8, 4) is 0 Å². The summed E-state index contributed by atoms with van der Waals surface area (Å²) in [4.78, 5) is 0. The zero-order valence-corrected chi connectivity index (χ0v) is 12.9. The SMILES string of the molecule is CC1(C)CCCC1NC1CCCCC1C1CCCN1. The van der Waals surface area contributed by atoms with Crippen LogP contribution in [0.5, 0.6) is 0 Å². The molecule has 4 unspecified atom stereocenters. The number of nitrogens with one attached hydrogen (secondary N) is 2. The summed E-state index contributed by atoms with van der Waals surface area (Å²) >= 11 is 0. The van der Waals surface area contributed by atoms with Gasteiger partial charge in [0.1, 0.15) is 0 Å². The van der Waals surface area contributed by atoms with E-state index in [9.17, 15) is 0 Å². The van der Waals surface area contributed by atoms with Gasteiger partial charge in [-0.15, -0.1) is 0 Å². The Balaban J connectivity index is 1.63. The van der Waals surface area contributed by atoms with Gasteiger partial charge in [-0.05, 0) is 56.4 Å². The minimum absolute atomic E-state index is 0.519. The Bertz CT molecular complexity index is 294. The molecule has 1 aliphatic heterocycles. The second-order valence-corrected chi connectivity index (χ2v) is 7.86. The van der Waals surface area contributed by atoms with Crippen LogP contribution in [0.1, 0.15) is 71.6 Å². The molecule has 19 heavy (non-hydrogen) atoms. The highest BCUT2D eigenvalue weighted by Gasteiger charge is 2.39. The Morgan fingerprint density at radius 2 is 1.79 bits per heavy atom. The zero-order chi connectivity index (χ0) is 13.3. The highest BCUT2D eigenvalue weighted by molar-refractivity contribution is 4.97. The number of rotatable bonds is 3. The van der Waals surface area contributed by atoms with Crippen molar-refractivity contribution >= 4 is 0 Å². The standard InChI is InChI=1S/C17H32N2/c1-17(2)11-5-10-16(17)19-15-8-4-3-7-13(15)14-9-6-12-18-14/h13-16,18-19H,3-12H2,1-2H3. The topological polar surface area (TPSA) is 24.1 Å². The van der Waals surface area contributed by atoms with E-state index in [1.807, 2.05) is 0 Å². The summed E-state index contributed by atoms with van der Waals surface area (Å²) in [5.74, 6) is 0.896. The van der Waals surface area contributed by atoms with E-state index in [0.717, 1.165) is 24.0 Å². The molecule has 0 aromatic rings. The summed E-state index contributed by atoms with van der Waals surface area (Å²) < 4.78 is 0. The Morgan fingerprint density at radius 3 is 2.47 bits per heavy atom. The second-order valence-electron chi connectivity index (χ2n) is 7.86. The van der Waals surface area contributed by atoms with Gasteiger partial charge in [-0.3, -0.25) is 0 Å². The summed E-state index contributed by atoms with van der Waals surface area (Å²) in [6, 6.07) is 2.36. The molecule has 0 amide bonds. The lowest BCUT2D eigenvalue weighted by atomic mass is 9.77. The summed E-state index contributed by atoms with van der Waals surface area (Å²) in [7, 11) is 0. The largest absolute Gasteiger partial charge is 0.314 e. The average Bonchev–Trinajstić information content (AvgIpc) is 3.01. The molecule has 3 fully saturated rings. The van der Waals surface area contributed by atoms with Crippen molar-refractivity contribution in [3.05, 3.63) is 0 Å². The first kappa shape index (κ1) is 13.9. The lowest BCUT2D eigenvalue weighted by Crippen LogP contribution is -2.52. The van der Waals surface area contributed by atoms with Crippen molar-refractivity contribution in [2.45, 2.75) is 89.8 Å². The molecular weight excluding hydrogens is 232 g/mol. The van der Waals surface area contributed by atoms with Crippen LogP contribution in [0.25, 0.3) is 0 Å². The fourth-order valence-electron chi connectivity index (χ4n) is 4.82. The first-order valence-corrected chi connectivity index (χ1v) is 8.66. The highest BCUT2D eigenvalue weighted by atomic mass is 15.0. The van der Waals surface area contributed by atoms with Gasteiger partial charge in [0.05, 0.1) is 0 Å². The molecule has 3 rings (SSSR count). The van der Waals surface area contributed by atoms with Gasteiger partial charge in [0.25, 0.3) is 0 Å². The molecule has 0 radical (unpaired) electrons. The van der Waals surface area contributed by atoms with Gasteiger partial charge in [0, 0.05) is 18.1 Å². The number of hydrogen-bond acceptors (Lipinski definition) is 2. The van der Waals surface area contributed by atoms with Gasteiger partial charge in [0.15, 0.2) is 0 Å². The van der Waals surface area contributed by atoms with Crippen LogP contribution >= 0.6 is 0 Å². The molecule has 1 heterocycles. The predicted octanol–water partition coefficient (Wildman–Crippen LogP) is 3.47. The maximum absolute atomic E-state index is 4.10. The molecule has 0 spiro atoms. The van der Waals surface area contributed by atoms with E-state index in [4.69, 9.17) is 0 Å². The molecular formula is C17H32N2. The van der Waals surface area contributed by atoms with Crippen molar-refractivity contribution in [1.82, 2.24) is 10.6 Å². The summed E-state index contributed by atoms with van der Waals surface area (Å²) in [5, 5.41) is 7.86. The van der Waals surface area contributed by atoms with Gasteiger partial charge in [-0.25, -0.2) is 0 Å². The molecule has 2 aliphatic carbocycles. The molecule has 2 saturated carbocycles. The van der Waals surface area contributed by atoms with Crippen LogP contribution in [0, 0.1) is 11.3 Å². The zero-order valence-electron chi connectivity index (χ0n) is 12.9. The molecule has 2 nitrogen and oxygen atoms in total. The Labute approximate surface area is 119 Å². The van der Waals surface area contributed by atoms with Gasteiger partial charge >= 0.3 is 0 Å². The molecule has 4 atom stereocenters. The maximum Gasteiger partial charge on any atom is 0.0121 e. The van der Waals surface area contributed by atoms with E-state index in [-0.39, 0.29) is 0 Å². The molecule has 3 aliphatic rings. The summed E-state index contributed by atoms with van der Waals surface area (Å²) in [6.45, 7) is 6.18. The Kier molecular flexibility index (Phi) is 4.19. The molecule has 2 heteroatoms. The van der Waals surface area contributed by atoms with Gasteiger partial charge in [-0.2, -0.15) is 0 Å².